The quantitative estimate of drug-likeness (QED) is 0.826. The predicted molar refractivity (Wildman–Crippen MR) is 80.4 cm³/mol. The first-order chi connectivity index (χ1) is 8.96. The smallest absolute Gasteiger partial charge is 0.132 e. The Kier molecular flexibility index (Phi) is 5.85. The van der Waals surface area contributed by atoms with E-state index in [-0.39, 0.29) is 6.61 Å². The van der Waals surface area contributed by atoms with Crippen molar-refractivity contribution in [3.63, 3.8) is 0 Å². The molecule has 19 heavy (non-hydrogen) atoms. The Morgan fingerprint density at radius 3 is 2.26 bits per heavy atom. The van der Waals surface area contributed by atoms with Gasteiger partial charge in [-0.05, 0) is 25.7 Å². The van der Waals surface area contributed by atoms with E-state index in [9.17, 15) is 5.11 Å². The lowest BCUT2D eigenvalue weighted by atomic mass is 10.1. The molecule has 0 unspecified atom stereocenters. The lowest BCUT2D eigenvalue weighted by Crippen LogP contribution is -2.39. The van der Waals surface area contributed by atoms with E-state index in [1.54, 1.807) is 0 Å². The van der Waals surface area contributed by atoms with E-state index < -0.39 is 0 Å². The molecule has 0 saturated heterocycles. The van der Waals surface area contributed by atoms with Crippen LogP contribution in [-0.2, 0) is 13.7 Å². The van der Waals surface area contributed by atoms with Gasteiger partial charge in [-0.3, -0.25) is 4.68 Å². The molecule has 0 saturated carbocycles. The first-order valence-electron chi connectivity index (χ1n) is 7.36. The van der Waals surface area contributed by atoms with Gasteiger partial charge in [0.2, 0.25) is 0 Å². The van der Waals surface area contributed by atoms with E-state index in [2.05, 4.69) is 37.7 Å². The number of hydrogen-bond acceptors (Lipinski definition) is 3. The van der Waals surface area contributed by atoms with Crippen molar-refractivity contribution in [3.05, 3.63) is 11.3 Å². The molecule has 1 N–H and O–H groups in total. The SMILES string of the molecule is CCC(CC)N(CC(C)C)c1c(CO)c(C)nn1C. The Hall–Kier alpha value is -1.03. The van der Waals surface area contributed by atoms with Crippen LogP contribution >= 0.6 is 0 Å². The van der Waals surface area contributed by atoms with Gasteiger partial charge in [-0.15, -0.1) is 0 Å². The maximum atomic E-state index is 9.64. The monoisotopic (exact) mass is 267 g/mol. The third kappa shape index (κ3) is 3.50. The van der Waals surface area contributed by atoms with Crippen LogP contribution in [-0.4, -0.2) is 27.5 Å². The van der Waals surface area contributed by atoms with Crippen LogP contribution in [0.25, 0.3) is 0 Å². The number of aliphatic hydroxyl groups is 1. The molecule has 0 amide bonds. The summed E-state index contributed by atoms with van der Waals surface area (Å²) in [5.74, 6) is 1.67. The van der Waals surface area contributed by atoms with E-state index in [0.29, 0.717) is 12.0 Å². The molecule has 0 bridgehead atoms. The minimum Gasteiger partial charge on any atom is -0.391 e. The summed E-state index contributed by atoms with van der Waals surface area (Å²) in [5, 5.41) is 14.1. The fraction of sp³-hybridized carbons (Fsp3) is 0.800. The van der Waals surface area contributed by atoms with Crippen LogP contribution in [0.1, 0.15) is 51.8 Å². The molecule has 1 heterocycles. The number of aliphatic hydroxyl groups excluding tert-OH is 1. The third-order valence-corrected chi connectivity index (χ3v) is 3.69. The summed E-state index contributed by atoms with van der Waals surface area (Å²) in [6.45, 7) is 11.9. The van der Waals surface area contributed by atoms with Gasteiger partial charge in [0.05, 0.1) is 12.3 Å². The Morgan fingerprint density at radius 2 is 1.84 bits per heavy atom. The molecule has 0 aliphatic carbocycles. The molecular weight excluding hydrogens is 238 g/mol. The molecule has 0 radical (unpaired) electrons. The Bertz CT molecular complexity index is 394. The summed E-state index contributed by atoms with van der Waals surface area (Å²) < 4.78 is 1.92. The van der Waals surface area contributed by atoms with Gasteiger partial charge >= 0.3 is 0 Å². The van der Waals surface area contributed by atoms with Crippen LogP contribution in [0.3, 0.4) is 0 Å². The predicted octanol–water partition coefficient (Wildman–Crippen LogP) is 2.87. The van der Waals surface area contributed by atoms with Gasteiger partial charge in [0.1, 0.15) is 5.82 Å². The van der Waals surface area contributed by atoms with Crippen LogP contribution in [0, 0.1) is 12.8 Å². The van der Waals surface area contributed by atoms with Crippen molar-refractivity contribution in [2.45, 2.75) is 60.1 Å². The molecule has 4 heteroatoms. The lowest BCUT2D eigenvalue weighted by Gasteiger charge is -2.34. The molecule has 4 nitrogen and oxygen atoms in total. The second-order valence-electron chi connectivity index (χ2n) is 5.69. The highest BCUT2D eigenvalue weighted by atomic mass is 16.3. The van der Waals surface area contributed by atoms with Gasteiger partial charge in [-0.25, -0.2) is 0 Å². The van der Waals surface area contributed by atoms with Crippen molar-refractivity contribution in [2.24, 2.45) is 13.0 Å². The molecule has 0 aliphatic rings. The second-order valence-corrected chi connectivity index (χ2v) is 5.69. The summed E-state index contributed by atoms with van der Waals surface area (Å²) in [6, 6.07) is 0.502. The molecule has 0 fully saturated rings. The number of aryl methyl sites for hydroxylation is 2. The fourth-order valence-corrected chi connectivity index (χ4v) is 2.77. The normalized spacial score (nSPS) is 11.6. The zero-order valence-corrected chi connectivity index (χ0v) is 13.3. The van der Waals surface area contributed by atoms with Crippen molar-refractivity contribution >= 4 is 5.82 Å². The minimum absolute atomic E-state index is 0.0593. The highest BCUT2D eigenvalue weighted by Crippen LogP contribution is 2.27. The van der Waals surface area contributed by atoms with Crippen molar-refractivity contribution in [2.75, 3.05) is 11.4 Å². The van der Waals surface area contributed by atoms with E-state index in [1.165, 1.54) is 0 Å². The van der Waals surface area contributed by atoms with Crippen molar-refractivity contribution in [1.82, 2.24) is 9.78 Å². The number of anilines is 1. The molecule has 1 rings (SSSR count). The van der Waals surface area contributed by atoms with Crippen molar-refractivity contribution in [3.8, 4) is 0 Å². The maximum Gasteiger partial charge on any atom is 0.132 e. The lowest BCUT2D eigenvalue weighted by molar-refractivity contribution is 0.280. The van der Waals surface area contributed by atoms with Gasteiger partial charge in [-0.1, -0.05) is 27.7 Å². The van der Waals surface area contributed by atoms with E-state index >= 15 is 0 Å². The van der Waals surface area contributed by atoms with Gasteiger partial charge in [0.15, 0.2) is 0 Å². The molecule has 1 aromatic rings. The summed E-state index contributed by atoms with van der Waals surface area (Å²) in [7, 11) is 1.97. The molecule has 0 aromatic carbocycles. The van der Waals surface area contributed by atoms with Crippen LogP contribution in [0.5, 0.6) is 0 Å². The first kappa shape index (κ1) is 16.0. The largest absolute Gasteiger partial charge is 0.391 e. The van der Waals surface area contributed by atoms with E-state index in [1.807, 2.05) is 18.7 Å². The average molecular weight is 267 g/mol. The van der Waals surface area contributed by atoms with Gasteiger partial charge in [0, 0.05) is 25.2 Å². The van der Waals surface area contributed by atoms with Gasteiger partial charge in [-0.2, -0.15) is 5.10 Å². The molecule has 110 valence electrons. The third-order valence-electron chi connectivity index (χ3n) is 3.69. The zero-order chi connectivity index (χ0) is 14.6. The number of hydrogen-bond donors (Lipinski definition) is 1. The van der Waals surface area contributed by atoms with Crippen LogP contribution in [0.15, 0.2) is 0 Å². The van der Waals surface area contributed by atoms with Crippen LogP contribution < -0.4 is 4.90 Å². The summed E-state index contributed by atoms with van der Waals surface area (Å²) in [5.41, 5.74) is 1.90. The average Bonchev–Trinajstić information content (AvgIpc) is 2.63. The summed E-state index contributed by atoms with van der Waals surface area (Å²) in [4.78, 5) is 2.43. The van der Waals surface area contributed by atoms with E-state index in [0.717, 1.165) is 36.5 Å². The van der Waals surface area contributed by atoms with Crippen LogP contribution in [0.2, 0.25) is 0 Å². The standard InChI is InChI=1S/C15H29N3O/c1-7-13(8-2)18(9-11(3)4)15-14(10-19)12(5)16-17(15)6/h11,13,19H,7-10H2,1-6H3. The van der Waals surface area contributed by atoms with Crippen LogP contribution in [0.4, 0.5) is 5.82 Å². The Balaban J connectivity index is 3.23. The zero-order valence-electron chi connectivity index (χ0n) is 13.3. The highest BCUT2D eigenvalue weighted by Gasteiger charge is 2.24. The Labute approximate surface area is 117 Å². The topological polar surface area (TPSA) is 41.3 Å². The second kappa shape index (κ2) is 6.94. The molecule has 0 aliphatic heterocycles. The first-order valence-corrected chi connectivity index (χ1v) is 7.36. The van der Waals surface area contributed by atoms with E-state index in [4.69, 9.17) is 0 Å². The molecular formula is C15H29N3O. The number of aromatic nitrogens is 2. The summed E-state index contributed by atoms with van der Waals surface area (Å²) in [6.07, 6.45) is 2.22. The van der Waals surface area contributed by atoms with Gasteiger partial charge < -0.3 is 10.0 Å². The minimum atomic E-state index is 0.0593. The maximum absolute atomic E-state index is 9.64. The fourth-order valence-electron chi connectivity index (χ4n) is 2.77. The summed E-state index contributed by atoms with van der Waals surface area (Å²) >= 11 is 0. The Morgan fingerprint density at radius 1 is 1.26 bits per heavy atom. The molecule has 1 aromatic heterocycles. The van der Waals surface area contributed by atoms with Gasteiger partial charge in [0.25, 0.3) is 0 Å². The molecule has 0 atom stereocenters. The number of nitrogens with zero attached hydrogens (tertiary/aromatic N) is 3. The highest BCUT2D eigenvalue weighted by molar-refractivity contribution is 5.50. The van der Waals surface area contributed by atoms with Crippen molar-refractivity contribution in [1.29, 1.82) is 0 Å². The van der Waals surface area contributed by atoms with Crippen molar-refractivity contribution < 1.29 is 5.11 Å². The number of rotatable bonds is 7. The molecule has 0 spiro atoms.